The van der Waals surface area contributed by atoms with E-state index in [0.717, 1.165) is 5.56 Å². The van der Waals surface area contributed by atoms with E-state index in [-0.39, 0.29) is 11.9 Å². The number of hydrogen-bond acceptors (Lipinski definition) is 2. The second kappa shape index (κ2) is 3.00. The Morgan fingerprint density at radius 3 is 3.00 bits per heavy atom. The molecule has 70 valence electrons. The number of nitrogens with two attached hydrogens (primary N) is 1. The highest BCUT2D eigenvalue weighted by atomic mass is 19.1. The molecule has 0 fully saturated rings. The summed E-state index contributed by atoms with van der Waals surface area (Å²) in [6.07, 6.45) is 0.654. The predicted molar refractivity (Wildman–Crippen MR) is 48.2 cm³/mol. The molecule has 1 atom stereocenters. The third-order valence-corrected chi connectivity index (χ3v) is 2.32. The minimum atomic E-state index is -0.183. The fourth-order valence-electron chi connectivity index (χ4n) is 1.64. The second-order valence-electron chi connectivity index (χ2n) is 3.33. The molecule has 0 saturated heterocycles. The molecule has 0 bridgehead atoms. The van der Waals surface area contributed by atoms with Crippen LogP contribution in [0, 0.1) is 5.82 Å². The van der Waals surface area contributed by atoms with Crippen molar-refractivity contribution in [2.24, 2.45) is 5.73 Å². The molecule has 1 heterocycles. The zero-order valence-electron chi connectivity index (χ0n) is 7.51. The average molecular weight is 181 g/mol. The Morgan fingerprint density at radius 1 is 1.54 bits per heavy atom. The smallest absolute Gasteiger partial charge is 0.130 e. The maximum atomic E-state index is 13.2. The van der Waals surface area contributed by atoms with Crippen molar-refractivity contribution in [2.45, 2.75) is 19.4 Å². The lowest BCUT2D eigenvalue weighted by Gasteiger charge is -2.11. The Labute approximate surface area is 76.5 Å². The Kier molecular flexibility index (Phi) is 1.96. The number of fused-ring (bicyclic) bond motifs is 1. The van der Waals surface area contributed by atoms with Crippen molar-refractivity contribution in [3.63, 3.8) is 0 Å². The standard InChI is InChI=1S/C10H12FNO/c1-6(12)7-2-3-9(11)8-4-5-13-10(7)8/h2-3,6H,4-5,12H2,1H3/t6-/m0/s1. The second-order valence-corrected chi connectivity index (χ2v) is 3.33. The van der Waals surface area contributed by atoms with Gasteiger partial charge < -0.3 is 10.5 Å². The molecular formula is C10H12FNO. The highest BCUT2D eigenvalue weighted by Gasteiger charge is 2.21. The van der Waals surface area contributed by atoms with Crippen molar-refractivity contribution in [3.8, 4) is 5.75 Å². The Morgan fingerprint density at radius 2 is 2.31 bits per heavy atom. The van der Waals surface area contributed by atoms with Gasteiger partial charge in [-0.3, -0.25) is 0 Å². The Hall–Kier alpha value is -1.09. The summed E-state index contributed by atoms with van der Waals surface area (Å²) in [4.78, 5) is 0. The summed E-state index contributed by atoms with van der Waals surface area (Å²) in [5.74, 6) is 0.479. The topological polar surface area (TPSA) is 35.2 Å². The summed E-state index contributed by atoms with van der Waals surface area (Å²) in [5, 5.41) is 0. The zero-order chi connectivity index (χ0) is 9.42. The molecule has 0 aliphatic carbocycles. The molecule has 0 spiro atoms. The summed E-state index contributed by atoms with van der Waals surface area (Å²) in [7, 11) is 0. The van der Waals surface area contributed by atoms with Crippen molar-refractivity contribution in [1.82, 2.24) is 0 Å². The maximum absolute atomic E-state index is 13.2. The third-order valence-electron chi connectivity index (χ3n) is 2.32. The minimum Gasteiger partial charge on any atom is -0.492 e. The normalized spacial score (nSPS) is 16.5. The van der Waals surface area contributed by atoms with Crippen molar-refractivity contribution < 1.29 is 9.13 Å². The summed E-state index contributed by atoms with van der Waals surface area (Å²) in [5.41, 5.74) is 7.31. The molecule has 2 nitrogen and oxygen atoms in total. The molecule has 3 heteroatoms. The van der Waals surface area contributed by atoms with Crippen LogP contribution in [-0.2, 0) is 6.42 Å². The van der Waals surface area contributed by atoms with Crippen LogP contribution in [0.5, 0.6) is 5.75 Å². The highest BCUT2D eigenvalue weighted by molar-refractivity contribution is 5.46. The monoisotopic (exact) mass is 181 g/mol. The van der Waals surface area contributed by atoms with Crippen LogP contribution < -0.4 is 10.5 Å². The van der Waals surface area contributed by atoms with E-state index in [9.17, 15) is 4.39 Å². The molecule has 0 radical (unpaired) electrons. The van der Waals surface area contributed by atoms with E-state index in [1.807, 2.05) is 6.92 Å². The van der Waals surface area contributed by atoms with Gasteiger partial charge in [0.25, 0.3) is 0 Å². The van der Waals surface area contributed by atoms with Crippen molar-refractivity contribution in [1.29, 1.82) is 0 Å². The average Bonchev–Trinajstić information content (AvgIpc) is 2.53. The van der Waals surface area contributed by atoms with Gasteiger partial charge in [0.05, 0.1) is 6.61 Å². The fourth-order valence-corrected chi connectivity index (χ4v) is 1.64. The van der Waals surface area contributed by atoms with E-state index in [1.54, 1.807) is 6.07 Å². The van der Waals surface area contributed by atoms with Crippen molar-refractivity contribution in [3.05, 3.63) is 29.1 Å². The molecule has 0 amide bonds. The van der Waals surface area contributed by atoms with Crippen LogP contribution in [0.4, 0.5) is 4.39 Å². The van der Waals surface area contributed by atoms with Crippen molar-refractivity contribution in [2.75, 3.05) is 6.61 Å². The first-order valence-corrected chi connectivity index (χ1v) is 4.40. The molecule has 1 aromatic rings. The van der Waals surface area contributed by atoms with Crippen LogP contribution in [-0.4, -0.2) is 6.61 Å². The lowest BCUT2D eigenvalue weighted by Crippen LogP contribution is -2.07. The summed E-state index contributed by atoms with van der Waals surface area (Å²) in [6.45, 7) is 2.44. The van der Waals surface area contributed by atoms with Gasteiger partial charge in [0, 0.05) is 23.6 Å². The first-order valence-electron chi connectivity index (χ1n) is 4.40. The minimum absolute atomic E-state index is 0.104. The molecular weight excluding hydrogens is 169 g/mol. The van der Waals surface area contributed by atoms with E-state index in [2.05, 4.69) is 0 Å². The van der Waals surface area contributed by atoms with Gasteiger partial charge in [0.15, 0.2) is 0 Å². The summed E-state index contributed by atoms with van der Waals surface area (Å²) < 4.78 is 18.6. The molecule has 0 saturated carbocycles. The van der Waals surface area contributed by atoms with Crippen LogP contribution >= 0.6 is 0 Å². The van der Waals surface area contributed by atoms with Crippen LogP contribution in [0.1, 0.15) is 24.1 Å². The summed E-state index contributed by atoms with van der Waals surface area (Å²) in [6, 6.07) is 3.06. The Balaban J connectivity index is 2.56. The first-order chi connectivity index (χ1) is 6.20. The first kappa shape index (κ1) is 8.51. The fraction of sp³-hybridized carbons (Fsp3) is 0.400. The van der Waals surface area contributed by atoms with Gasteiger partial charge in [-0.05, 0) is 13.0 Å². The van der Waals surface area contributed by atoms with Crippen molar-refractivity contribution >= 4 is 0 Å². The zero-order valence-corrected chi connectivity index (χ0v) is 7.51. The predicted octanol–water partition coefficient (Wildman–Crippen LogP) is 1.78. The Bertz CT molecular complexity index is 336. The van der Waals surface area contributed by atoms with Gasteiger partial charge in [-0.15, -0.1) is 0 Å². The van der Waals surface area contributed by atoms with Gasteiger partial charge in [-0.25, -0.2) is 4.39 Å². The molecule has 0 aromatic heterocycles. The van der Waals surface area contributed by atoms with Crippen LogP contribution in [0.25, 0.3) is 0 Å². The van der Waals surface area contributed by atoms with Gasteiger partial charge in [-0.2, -0.15) is 0 Å². The third kappa shape index (κ3) is 1.29. The molecule has 2 rings (SSSR count). The van der Waals surface area contributed by atoms with E-state index in [0.29, 0.717) is 24.3 Å². The number of benzene rings is 1. The number of halogens is 1. The molecule has 1 aliphatic heterocycles. The number of hydrogen-bond donors (Lipinski definition) is 1. The van der Waals surface area contributed by atoms with Gasteiger partial charge >= 0.3 is 0 Å². The highest BCUT2D eigenvalue weighted by Crippen LogP contribution is 2.34. The lowest BCUT2D eigenvalue weighted by atomic mass is 10.0. The van der Waals surface area contributed by atoms with Crippen LogP contribution in [0.2, 0.25) is 0 Å². The molecule has 1 aromatic carbocycles. The molecule has 1 aliphatic rings. The van der Waals surface area contributed by atoms with Gasteiger partial charge in [0.1, 0.15) is 11.6 Å². The van der Waals surface area contributed by atoms with E-state index < -0.39 is 0 Å². The summed E-state index contributed by atoms with van der Waals surface area (Å²) >= 11 is 0. The van der Waals surface area contributed by atoms with Gasteiger partial charge in [0.2, 0.25) is 0 Å². The number of ether oxygens (including phenoxy) is 1. The van der Waals surface area contributed by atoms with Crippen LogP contribution in [0.15, 0.2) is 12.1 Å². The maximum Gasteiger partial charge on any atom is 0.130 e. The van der Waals surface area contributed by atoms with Crippen LogP contribution in [0.3, 0.4) is 0 Å². The molecule has 13 heavy (non-hydrogen) atoms. The van der Waals surface area contributed by atoms with E-state index in [1.165, 1.54) is 6.07 Å². The van der Waals surface area contributed by atoms with Gasteiger partial charge in [-0.1, -0.05) is 6.07 Å². The largest absolute Gasteiger partial charge is 0.492 e. The quantitative estimate of drug-likeness (QED) is 0.716. The molecule has 2 N–H and O–H groups in total. The lowest BCUT2D eigenvalue weighted by molar-refractivity contribution is 0.352. The van der Waals surface area contributed by atoms with E-state index >= 15 is 0 Å². The van der Waals surface area contributed by atoms with E-state index in [4.69, 9.17) is 10.5 Å². The SMILES string of the molecule is C[C@H](N)c1ccc(F)c2c1OCC2. The molecule has 0 unspecified atom stereocenters. The number of rotatable bonds is 1.